The van der Waals surface area contributed by atoms with Gasteiger partial charge in [-0.1, -0.05) is 13.3 Å². The Kier molecular flexibility index (Phi) is 3.93. The van der Waals surface area contributed by atoms with Crippen molar-refractivity contribution in [2.45, 2.75) is 39.2 Å². The van der Waals surface area contributed by atoms with Gasteiger partial charge in [-0.05, 0) is 31.7 Å². The van der Waals surface area contributed by atoms with E-state index in [1.807, 2.05) is 0 Å². The van der Waals surface area contributed by atoms with E-state index in [-0.39, 0.29) is 11.3 Å². The molecule has 0 aromatic carbocycles. The van der Waals surface area contributed by atoms with Gasteiger partial charge in [-0.2, -0.15) is 0 Å². The molecule has 1 aromatic heterocycles. The predicted octanol–water partition coefficient (Wildman–Crippen LogP) is 2.38. The molecule has 2 heterocycles. The molecule has 5 nitrogen and oxygen atoms in total. The lowest BCUT2D eigenvalue weighted by atomic mass is 9.91. The molecule has 0 spiro atoms. The van der Waals surface area contributed by atoms with E-state index in [9.17, 15) is 4.79 Å². The Morgan fingerprint density at radius 3 is 2.95 bits per heavy atom. The summed E-state index contributed by atoms with van der Waals surface area (Å²) in [6.07, 6.45) is 4.96. The number of piperidine rings is 1. The van der Waals surface area contributed by atoms with Crippen molar-refractivity contribution in [2.75, 3.05) is 17.2 Å². The van der Waals surface area contributed by atoms with Gasteiger partial charge in [-0.3, -0.25) is 0 Å². The molecule has 5 heteroatoms. The van der Waals surface area contributed by atoms with Gasteiger partial charge in [0, 0.05) is 18.8 Å². The van der Waals surface area contributed by atoms with Crippen LogP contribution in [0.2, 0.25) is 0 Å². The molecule has 2 rings (SSSR count). The summed E-state index contributed by atoms with van der Waals surface area (Å²) < 4.78 is 0. The number of aromatic carboxylic acids is 1. The number of pyridine rings is 1. The number of hydrogen-bond donors (Lipinski definition) is 2. The van der Waals surface area contributed by atoms with Crippen LogP contribution in [0.3, 0.4) is 0 Å². The number of rotatable bonds is 3. The molecular weight excluding hydrogens is 242 g/mol. The molecule has 2 atom stereocenters. The summed E-state index contributed by atoms with van der Waals surface area (Å²) in [5, 5.41) is 9.13. The van der Waals surface area contributed by atoms with Crippen LogP contribution in [0.5, 0.6) is 0 Å². The maximum Gasteiger partial charge on any atom is 0.337 e. The van der Waals surface area contributed by atoms with Crippen LogP contribution in [-0.4, -0.2) is 28.6 Å². The highest BCUT2D eigenvalue weighted by Gasteiger charge is 2.27. The first kappa shape index (κ1) is 13.6. The highest BCUT2D eigenvalue weighted by Crippen LogP contribution is 2.32. The normalized spacial score (nSPS) is 23.4. The van der Waals surface area contributed by atoms with Crippen molar-refractivity contribution in [1.82, 2.24) is 4.98 Å². The topological polar surface area (TPSA) is 79.5 Å². The fraction of sp³-hybridized carbons (Fsp3) is 0.571. The summed E-state index contributed by atoms with van der Waals surface area (Å²) in [7, 11) is 0. The standard InChI is InChI=1S/C14H21N3O2/c1-3-10-5-4-9(2)17(8-10)13-12(15)11(14(18)19)6-7-16-13/h6-7,9-10H,3-5,8,15H2,1-2H3,(H,18,19). The molecule has 1 aromatic rings. The van der Waals surface area contributed by atoms with E-state index in [4.69, 9.17) is 10.8 Å². The maximum absolute atomic E-state index is 11.1. The summed E-state index contributed by atoms with van der Waals surface area (Å²) in [5.74, 6) is 0.245. The predicted molar refractivity (Wildman–Crippen MR) is 75.4 cm³/mol. The quantitative estimate of drug-likeness (QED) is 0.875. The summed E-state index contributed by atoms with van der Waals surface area (Å²) in [6, 6.07) is 1.80. The van der Waals surface area contributed by atoms with Crippen molar-refractivity contribution >= 4 is 17.5 Å². The van der Waals surface area contributed by atoms with Crippen LogP contribution in [0, 0.1) is 5.92 Å². The van der Waals surface area contributed by atoms with Gasteiger partial charge in [0.15, 0.2) is 5.82 Å². The monoisotopic (exact) mass is 263 g/mol. The first-order valence-corrected chi connectivity index (χ1v) is 6.79. The van der Waals surface area contributed by atoms with E-state index in [1.54, 1.807) is 0 Å². The molecule has 0 saturated carbocycles. The van der Waals surface area contributed by atoms with Crippen molar-refractivity contribution in [3.63, 3.8) is 0 Å². The minimum atomic E-state index is -1.00. The SMILES string of the molecule is CCC1CCC(C)N(c2nccc(C(=O)O)c2N)C1. The number of hydrogen-bond acceptors (Lipinski definition) is 4. The average Bonchev–Trinajstić information content (AvgIpc) is 2.39. The number of anilines is 2. The molecular formula is C14H21N3O2. The summed E-state index contributed by atoms with van der Waals surface area (Å²) in [4.78, 5) is 17.6. The van der Waals surface area contributed by atoms with E-state index >= 15 is 0 Å². The Labute approximate surface area is 113 Å². The van der Waals surface area contributed by atoms with Crippen LogP contribution in [0.1, 0.15) is 43.5 Å². The maximum atomic E-state index is 11.1. The van der Waals surface area contributed by atoms with Gasteiger partial charge in [-0.25, -0.2) is 9.78 Å². The van der Waals surface area contributed by atoms with Crippen molar-refractivity contribution in [2.24, 2.45) is 5.92 Å². The molecule has 2 unspecified atom stereocenters. The van der Waals surface area contributed by atoms with Gasteiger partial charge in [0.25, 0.3) is 0 Å². The van der Waals surface area contributed by atoms with Gasteiger partial charge >= 0.3 is 5.97 Å². The van der Waals surface area contributed by atoms with Gasteiger partial charge in [0.05, 0.1) is 11.3 Å². The number of nitrogen functional groups attached to an aromatic ring is 1. The third kappa shape index (κ3) is 2.64. The zero-order chi connectivity index (χ0) is 14.0. The summed E-state index contributed by atoms with van der Waals surface area (Å²) >= 11 is 0. The second-order valence-electron chi connectivity index (χ2n) is 5.25. The number of carbonyl (C=O) groups is 1. The molecule has 1 aliphatic heterocycles. The molecule has 0 radical (unpaired) electrons. The third-order valence-corrected chi connectivity index (χ3v) is 4.03. The van der Waals surface area contributed by atoms with E-state index in [0.717, 1.165) is 19.4 Å². The van der Waals surface area contributed by atoms with Crippen LogP contribution in [0.4, 0.5) is 11.5 Å². The van der Waals surface area contributed by atoms with Crippen LogP contribution in [0.15, 0.2) is 12.3 Å². The molecule has 1 saturated heterocycles. The average molecular weight is 263 g/mol. The Balaban J connectivity index is 2.34. The van der Waals surface area contributed by atoms with E-state index in [0.29, 0.717) is 17.8 Å². The zero-order valence-corrected chi connectivity index (χ0v) is 11.5. The van der Waals surface area contributed by atoms with Crippen LogP contribution in [0.25, 0.3) is 0 Å². The largest absolute Gasteiger partial charge is 0.478 e. The molecule has 0 amide bonds. The summed E-state index contributed by atoms with van der Waals surface area (Å²) in [5.41, 5.74) is 6.39. The van der Waals surface area contributed by atoms with Crippen molar-refractivity contribution in [1.29, 1.82) is 0 Å². The lowest BCUT2D eigenvalue weighted by molar-refractivity contribution is 0.0698. The number of carboxylic acids is 1. The van der Waals surface area contributed by atoms with Gasteiger partial charge < -0.3 is 15.7 Å². The van der Waals surface area contributed by atoms with Gasteiger partial charge in [0.1, 0.15) is 0 Å². The minimum absolute atomic E-state index is 0.135. The molecule has 104 valence electrons. The van der Waals surface area contributed by atoms with Crippen molar-refractivity contribution < 1.29 is 9.90 Å². The molecule has 3 N–H and O–H groups in total. The Morgan fingerprint density at radius 2 is 2.32 bits per heavy atom. The number of nitrogens with two attached hydrogens (primary N) is 1. The number of nitrogens with zero attached hydrogens (tertiary/aromatic N) is 2. The first-order chi connectivity index (χ1) is 9.04. The first-order valence-electron chi connectivity index (χ1n) is 6.79. The van der Waals surface area contributed by atoms with Gasteiger partial charge in [-0.15, -0.1) is 0 Å². The highest BCUT2D eigenvalue weighted by atomic mass is 16.4. The fourth-order valence-corrected chi connectivity index (χ4v) is 2.69. The van der Waals surface area contributed by atoms with Gasteiger partial charge in [0.2, 0.25) is 0 Å². The minimum Gasteiger partial charge on any atom is -0.478 e. The lowest BCUT2D eigenvalue weighted by Crippen LogP contribution is -2.42. The van der Waals surface area contributed by atoms with E-state index in [2.05, 4.69) is 23.7 Å². The molecule has 1 fully saturated rings. The number of aromatic nitrogens is 1. The second kappa shape index (κ2) is 5.47. The zero-order valence-electron chi connectivity index (χ0n) is 11.5. The van der Waals surface area contributed by atoms with Crippen LogP contribution < -0.4 is 10.6 Å². The van der Waals surface area contributed by atoms with E-state index in [1.165, 1.54) is 18.7 Å². The van der Waals surface area contributed by atoms with E-state index < -0.39 is 5.97 Å². The molecule has 19 heavy (non-hydrogen) atoms. The Morgan fingerprint density at radius 1 is 1.58 bits per heavy atom. The fourth-order valence-electron chi connectivity index (χ4n) is 2.69. The second-order valence-corrected chi connectivity index (χ2v) is 5.25. The smallest absolute Gasteiger partial charge is 0.337 e. The van der Waals surface area contributed by atoms with Crippen LogP contribution >= 0.6 is 0 Å². The Hall–Kier alpha value is -1.78. The third-order valence-electron chi connectivity index (χ3n) is 4.03. The van der Waals surface area contributed by atoms with Crippen molar-refractivity contribution in [3.05, 3.63) is 17.8 Å². The van der Waals surface area contributed by atoms with Crippen LogP contribution in [-0.2, 0) is 0 Å². The molecule has 0 bridgehead atoms. The van der Waals surface area contributed by atoms with Crippen molar-refractivity contribution in [3.8, 4) is 0 Å². The Bertz CT molecular complexity index is 476. The highest BCUT2D eigenvalue weighted by molar-refractivity contribution is 5.96. The number of carboxylic acid groups (broad SMARTS) is 1. The lowest BCUT2D eigenvalue weighted by Gasteiger charge is -2.39. The molecule has 0 aliphatic carbocycles. The molecule has 1 aliphatic rings. The summed E-state index contributed by atoms with van der Waals surface area (Å²) in [6.45, 7) is 5.22.